The van der Waals surface area contributed by atoms with E-state index in [-0.39, 0.29) is 0 Å². The summed E-state index contributed by atoms with van der Waals surface area (Å²) >= 11 is 0. The Hall–Kier alpha value is -1.64. The van der Waals surface area contributed by atoms with Crippen LogP contribution in [0.4, 0.5) is 0 Å². The largest absolute Gasteiger partial charge is 0.307 e. The Bertz CT molecular complexity index is 567. The summed E-state index contributed by atoms with van der Waals surface area (Å²) in [5.41, 5.74) is 1.36. The number of fused-ring (bicyclic) bond motifs is 1. The summed E-state index contributed by atoms with van der Waals surface area (Å²) in [6, 6.07) is 15.4. The first-order valence-electron chi connectivity index (χ1n) is 7.19. The van der Waals surface area contributed by atoms with Gasteiger partial charge in [-0.05, 0) is 37.4 Å². The fraction of sp³-hybridized carbons (Fsp3) is 0.333. The normalized spacial score (nSPS) is 13.4. The maximum absolute atomic E-state index is 3.56. The van der Waals surface area contributed by atoms with Crippen molar-refractivity contribution < 1.29 is 0 Å². The van der Waals surface area contributed by atoms with Gasteiger partial charge in [0.2, 0.25) is 0 Å². The number of nitrogens with one attached hydrogen (secondary N) is 1. The van der Waals surface area contributed by atoms with Crippen LogP contribution < -0.4 is 5.32 Å². The average Bonchev–Trinajstić information content (AvgIpc) is 2.45. The number of likely N-dealkylation sites (N-methyl/N-ethyl adjacent to an activating group) is 1. The molecule has 0 fully saturated rings. The molecule has 1 atom stereocenters. The second kappa shape index (κ2) is 7.22. The third kappa shape index (κ3) is 3.92. The zero-order valence-corrected chi connectivity index (χ0v) is 12.6. The van der Waals surface area contributed by atoms with Crippen molar-refractivity contribution in [3.63, 3.8) is 0 Å². The molecule has 1 N–H and O–H groups in total. The Morgan fingerprint density at radius 1 is 1.05 bits per heavy atom. The minimum atomic E-state index is 0.352. The predicted octanol–water partition coefficient (Wildman–Crippen LogP) is 3.61. The van der Waals surface area contributed by atoms with Crippen LogP contribution in [0, 0.1) is 0 Å². The second-order valence-corrected chi connectivity index (χ2v) is 5.43. The first-order chi connectivity index (χ1) is 9.68. The van der Waals surface area contributed by atoms with Gasteiger partial charge in [-0.3, -0.25) is 0 Å². The fourth-order valence-corrected chi connectivity index (χ4v) is 2.35. The van der Waals surface area contributed by atoms with Crippen LogP contribution in [0.3, 0.4) is 0 Å². The van der Waals surface area contributed by atoms with E-state index in [4.69, 9.17) is 0 Å². The third-order valence-corrected chi connectivity index (χ3v) is 3.47. The van der Waals surface area contributed by atoms with Gasteiger partial charge in [-0.25, -0.2) is 0 Å². The zero-order chi connectivity index (χ0) is 14.4. The monoisotopic (exact) mass is 268 g/mol. The van der Waals surface area contributed by atoms with Crippen LogP contribution in [-0.4, -0.2) is 32.1 Å². The van der Waals surface area contributed by atoms with Crippen molar-refractivity contribution in [3.05, 3.63) is 60.2 Å². The molecule has 0 bridgehead atoms. The summed E-state index contributed by atoms with van der Waals surface area (Å²) in [5.74, 6) is 0. The molecule has 0 aliphatic carbocycles. The molecule has 0 heterocycles. The molecule has 0 radical (unpaired) electrons. The molecule has 2 aromatic carbocycles. The Morgan fingerprint density at radius 2 is 1.80 bits per heavy atom. The number of benzene rings is 2. The molecule has 2 rings (SSSR count). The third-order valence-electron chi connectivity index (χ3n) is 3.47. The van der Waals surface area contributed by atoms with Gasteiger partial charge < -0.3 is 10.2 Å². The second-order valence-electron chi connectivity index (χ2n) is 5.43. The van der Waals surface area contributed by atoms with Gasteiger partial charge in [-0.1, -0.05) is 54.6 Å². The van der Waals surface area contributed by atoms with E-state index in [1.165, 1.54) is 16.3 Å². The molecule has 2 aromatic rings. The van der Waals surface area contributed by atoms with E-state index in [0.29, 0.717) is 6.04 Å². The summed E-state index contributed by atoms with van der Waals surface area (Å²) in [5, 5.41) is 6.21. The Morgan fingerprint density at radius 3 is 2.60 bits per heavy atom. The van der Waals surface area contributed by atoms with Crippen LogP contribution >= 0.6 is 0 Å². The van der Waals surface area contributed by atoms with Crippen LogP contribution in [0.5, 0.6) is 0 Å². The van der Waals surface area contributed by atoms with Crippen LogP contribution in [0.25, 0.3) is 10.8 Å². The standard InChI is InChI=1S/C18H24N2/c1-15(19-13-6-7-14-20(2)3)17-12-8-10-16-9-4-5-11-18(16)17/h4-12,15,19H,13-14H2,1-3H3/b7-6+/t15-/m1/s1. The van der Waals surface area contributed by atoms with E-state index in [9.17, 15) is 0 Å². The van der Waals surface area contributed by atoms with E-state index in [2.05, 4.69) is 85.9 Å². The summed E-state index contributed by atoms with van der Waals surface area (Å²) < 4.78 is 0. The van der Waals surface area contributed by atoms with Crippen molar-refractivity contribution in [2.75, 3.05) is 27.2 Å². The highest BCUT2D eigenvalue weighted by Gasteiger charge is 2.07. The summed E-state index contributed by atoms with van der Waals surface area (Å²) in [6.07, 6.45) is 4.39. The van der Waals surface area contributed by atoms with E-state index in [1.54, 1.807) is 0 Å². The van der Waals surface area contributed by atoms with E-state index in [1.807, 2.05) is 0 Å². The molecule has 0 saturated heterocycles. The molecular weight excluding hydrogens is 244 g/mol. The smallest absolute Gasteiger partial charge is 0.0300 e. The lowest BCUT2D eigenvalue weighted by Crippen LogP contribution is -2.19. The maximum Gasteiger partial charge on any atom is 0.0300 e. The van der Waals surface area contributed by atoms with Gasteiger partial charge in [0, 0.05) is 19.1 Å². The van der Waals surface area contributed by atoms with E-state index < -0.39 is 0 Å². The molecule has 0 amide bonds. The molecule has 106 valence electrons. The van der Waals surface area contributed by atoms with E-state index >= 15 is 0 Å². The topological polar surface area (TPSA) is 15.3 Å². The molecule has 0 aliphatic rings. The van der Waals surface area contributed by atoms with Crippen molar-refractivity contribution in [2.45, 2.75) is 13.0 Å². The van der Waals surface area contributed by atoms with Gasteiger partial charge in [-0.15, -0.1) is 0 Å². The maximum atomic E-state index is 3.56. The van der Waals surface area contributed by atoms with Crippen LogP contribution in [0.2, 0.25) is 0 Å². The van der Waals surface area contributed by atoms with Gasteiger partial charge in [0.25, 0.3) is 0 Å². The van der Waals surface area contributed by atoms with Gasteiger partial charge >= 0.3 is 0 Å². The highest BCUT2D eigenvalue weighted by molar-refractivity contribution is 5.86. The molecular formula is C18H24N2. The van der Waals surface area contributed by atoms with Crippen LogP contribution in [-0.2, 0) is 0 Å². The molecule has 0 spiro atoms. The molecule has 20 heavy (non-hydrogen) atoms. The zero-order valence-electron chi connectivity index (χ0n) is 12.6. The molecule has 0 saturated carbocycles. The quantitative estimate of drug-likeness (QED) is 0.805. The molecule has 0 unspecified atom stereocenters. The Balaban J connectivity index is 2.01. The van der Waals surface area contributed by atoms with Crippen molar-refractivity contribution in [3.8, 4) is 0 Å². The average molecular weight is 268 g/mol. The lowest BCUT2D eigenvalue weighted by molar-refractivity contribution is 0.456. The Kier molecular flexibility index (Phi) is 5.33. The van der Waals surface area contributed by atoms with Crippen LogP contribution in [0.15, 0.2) is 54.6 Å². The van der Waals surface area contributed by atoms with E-state index in [0.717, 1.165) is 13.1 Å². The molecule has 0 aromatic heterocycles. The highest BCUT2D eigenvalue weighted by Crippen LogP contribution is 2.23. The summed E-state index contributed by atoms with van der Waals surface area (Å²) in [6.45, 7) is 4.12. The number of rotatable bonds is 6. The van der Waals surface area contributed by atoms with Gasteiger partial charge in [0.15, 0.2) is 0 Å². The highest BCUT2D eigenvalue weighted by atomic mass is 15.0. The molecule has 2 heteroatoms. The van der Waals surface area contributed by atoms with Crippen molar-refractivity contribution in [2.24, 2.45) is 0 Å². The predicted molar refractivity (Wildman–Crippen MR) is 88.1 cm³/mol. The van der Waals surface area contributed by atoms with Crippen LogP contribution in [0.1, 0.15) is 18.5 Å². The first kappa shape index (κ1) is 14.8. The number of nitrogens with zero attached hydrogens (tertiary/aromatic N) is 1. The SMILES string of the molecule is C[C@@H](NC/C=C/CN(C)C)c1cccc2ccccc12. The van der Waals surface area contributed by atoms with Gasteiger partial charge in [0.05, 0.1) is 0 Å². The lowest BCUT2D eigenvalue weighted by Gasteiger charge is -2.15. The first-order valence-corrected chi connectivity index (χ1v) is 7.19. The number of hydrogen-bond donors (Lipinski definition) is 1. The van der Waals surface area contributed by atoms with Crippen molar-refractivity contribution >= 4 is 10.8 Å². The Labute approximate surface area is 122 Å². The molecule has 2 nitrogen and oxygen atoms in total. The molecule has 0 aliphatic heterocycles. The number of hydrogen-bond acceptors (Lipinski definition) is 2. The summed E-state index contributed by atoms with van der Waals surface area (Å²) in [7, 11) is 4.16. The van der Waals surface area contributed by atoms with Crippen molar-refractivity contribution in [1.29, 1.82) is 0 Å². The van der Waals surface area contributed by atoms with Crippen molar-refractivity contribution in [1.82, 2.24) is 10.2 Å². The summed E-state index contributed by atoms with van der Waals surface area (Å²) in [4.78, 5) is 2.16. The lowest BCUT2D eigenvalue weighted by atomic mass is 10.00. The van der Waals surface area contributed by atoms with Gasteiger partial charge in [-0.2, -0.15) is 0 Å². The fourth-order valence-electron chi connectivity index (χ4n) is 2.35. The minimum absolute atomic E-state index is 0.352. The van der Waals surface area contributed by atoms with Gasteiger partial charge in [0.1, 0.15) is 0 Å². The minimum Gasteiger partial charge on any atom is -0.307 e.